The Labute approximate surface area is 55.2 Å². The summed E-state index contributed by atoms with van der Waals surface area (Å²) in [5, 5.41) is 0. The zero-order valence-corrected chi connectivity index (χ0v) is 6.00. The van der Waals surface area contributed by atoms with Gasteiger partial charge in [-0.05, 0) is 0 Å². The van der Waals surface area contributed by atoms with Crippen LogP contribution in [-0.4, -0.2) is 24.7 Å². The normalized spacial score (nSPS) is 10.3. The summed E-state index contributed by atoms with van der Waals surface area (Å²) in [6.07, 6.45) is 0. The summed E-state index contributed by atoms with van der Waals surface area (Å²) in [7, 11) is 3.65. The quantitative estimate of drug-likeness (QED) is 0.139. The van der Waals surface area contributed by atoms with Crippen molar-refractivity contribution >= 4 is 11.6 Å². The Balaban J connectivity index is 0. The van der Waals surface area contributed by atoms with Crippen LogP contribution >= 0.6 is 11.6 Å². The molecule has 0 unspecified atom stereocenters. The predicted octanol–water partition coefficient (Wildman–Crippen LogP) is -2.86. The number of rotatable bonds is 1. The summed E-state index contributed by atoms with van der Waals surface area (Å²) < 4.78 is 0.335. The molecular weight excluding hydrogens is 135 g/mol. The third-order valence-electron chi connectivity index (χ3n) is 0.308. The molecule has 0 aromatic rings. The van der Waals surface area contributed by atoms with Crippen molar-refractivity contribution in [2.45, 2.75) is 0 Å². The second-order valence-electron chi connectivity index (χ2n) is 1.90. The van der Waals surface area contributed by atoms with Crippen molar-refractivity contribution in [3.8, 4) is 0 Å². The fourth-order valence-corrected chi connectivity index (χ4v) is 0. The van der Waals surface area contributed by atoms with Crippen molar-refractivity contribution < 1.29 is 17.0 Å². The minimum atomic E-state index is 0. The number of halogens is 2. The van der Waals surface area contributed by atoms with Gasteiger partial charge in [-0.25, -0.2) is 4.59 Å². The van der Waals surface area contributed by atoms with Crippen LogP contribution in [0, 0.1) is 0 Å². The van der Waals surface area contributed by atoms with E-state index < -0.39 is 0 Å². The first-order valence-electron chi connectivity index (χ1n) is 1.74. The third-order valence-corrected chi connectivity index (χ3v) is 0.924. The van der Waals surface area contributed by atoms with Gasteiger partial charge in [-0.2, -0.15) is 5.84 Å². The highest BCUT2D eigenvalue weighted by Crippen LogP contribution is 1.84. The van der Waals surface area contributed by atoms with Crippen molar-refractivity contribution in [2.24, 2.45) is 5.84 Å². The van der Waals surface area contributed by atoms with Crippen LogP contribution < -0.4 is 18.2 Å². The summed E-state index contributed by atoms with van der Waals surface area (Å²) >= 11 is 5.32. The van der Waals surface area contributed by atoms with Gasteiger partial charge in [0.2, 0.25) is 0 Å². The lowest BCUT2D eigenvalue weighted by Crippen LogP contribution is -3.00. The maximum absolute atomic E-state index is 5.34. The smallest absolute Gasteiger partial charge is 0.171 e. The Kier molecular flexibility index (Phi) is 5.23. The molecule has 4 heteroatoms. The molecule has 0 saturated carbocycles. The van der Waals surface area contributed by atoms with E-state index in [1.54, 1.807) is 0 Å². The number of quaternary nitrogens is 1. The van der Waals surface area contributed by atoms with Gasteiger partial charge in [-0.1, -0.05) is 11.6 Å². The summed E-state index contributed by atoms with van der Waals surface area (Å²) in [6, 6.07) is 0.458. The first-order chi connectivity index (χ1) is 2.56. The van der Waals surface area contributed by atoms with Crippen LogP contribution in [0.4, 0.5) is 0 Å². The van der Waals surface area contributed by atoms with Crippen LogP contribution in [0.15, 0.2) is 0 Å². The lowest BCUT2D eigenvalue weighted by Gasteiger charge is -2.17. The van der Waals surface area contributed by atoms with Crippen LogP contribution in [0.2, 0.25) is 0 Å². The minimum absolute atomic E-state index is 0. The Bertz CT molecular complexity index is 40.7. The van der Waals surface area contributed by atoms with E-state index in [4.69, 9.17) is 17.4 Å². The topological polar surface area (TPSA) is 26.0 Å². The molecule has 0 saturated heterocycles. The third kappa shape index (κ3) is 10.7. The van der Waals surface area contributed by atoms with Crippen molar-refractivity contribution in [2.75, 3.05) is 20.1 Å². The molecule has 0 heterocycles. The highest BCUT2D eigenvalue weighted by atomic mass is 35.5. The van der Waals surface area contributed by atoms with E-state index >= 15 is 0 Å². The average molecular weight is 145 g/mol. The molecule has 0 aromatic heterocycles. The Morgan fingerprint density at radius 3 is 1.71 bits per heavy atom. The molecule has 0 fully saturated rings. The summed E-state index contributed by atoms with van der Waals surface area (Å²) in [5.41, 5.74) is 0. The first kappa shape index (κ1) is 10.5. The van der Waals surface area contributed by atoms with Gasteiger partial charge in [0.1, 0.15) is 0 Å². The minimum Gasteiger partial charge on any atom is -1.00 e. The number of hydrogen-bond acceptors (Lipinski definition) is 1. The van der Waals surface area contributed by atoms with E-state index in [2.05, 4.69) is 0 Å². The van der Waals surface area contributed by atoms with E-state index in [1.165, 1.54) is 0 Å². The molecule has 0 aromatic carbocycles. The molecular formula is C3H10Cl2N2. The van der Waals surface area contributed by atoms with Crippen LogP contribution in [0.5, 0.6) is 0 Å². The number of nitrogens with two attached hydrogens (primary N) is 1. The van der Waals surface area contributed by atoms with E-state index in [0.717, 1.165) is 0 Å². The van der Waals surface area contributed by atoms with E-state index in [-0.39, 0.29) is 12.4 Å². The van der Waals surface area contributed by atoms with Crippen molar-refractivity contribution in [1.29, 1.82) is 0 Å². The van der Waals surface area contributed by atoms with Crippen LogP contribution in [0.3, 0.4) is 0 Å². The van der Waals surface area contributed by atoms with Gasteiger partial charge in [-0.3, -0.25) is 0 Å². The summed E-state index contributed by atoms with van der Waals surface area (Å²) in [5.74, 6) is 5.34. The highest BCUT2D eigenvalue weighted by Gasteiger charge is 2.01. The van der Waals surface area contributed by atoms with Gasteiger partial charge < -0.3 is 12.4 Å². The summed E-state index contributed by atoms with van der Waals surface area (Å²) in [4.78, 5) is 0. The highest BCUT2D eigenvalue weighted by molar-refractivity contribution is 6.16. The molecule has 0 amide bonds. The lowest BCUT2D eigenvalue weighted by atomic mass is 10.9. The molecule has 0 atom stereocenters. The fraction of sp³-hybridized carbons (Fsp3) is 1.00. The standard InChI is InChI=1S/C3H10ClN2.ClH/c1-6(2,5)3-4;/h3,5H2,1-2H3;1H/q+1;/p-1. The predicted molar refractivity (Wildman–Crippen MR) is 27.0 cm³/mol. The van der Waals surface area contributed by atoms with Crippen molar-refractivity contribution in [3.63, 3.8) is 0 Å². The van der Waals surface area contributed by atoms with Gasteiger partial charge in [0.25, 0.3) is 0 Å². The largest absolute Gasteiger partial charge is 1.00 e. The second kappa shape index (κ2) is 3.50. The second-order valence-corrected chi connectivity index (χ2v) is 2.14. The van der Waals surface area contributed by atoms with E-state index in [0.29, 0.717) is 10.6 Å². The molecule has 0 rings (SSSR count). The zero-order chi connectivity index (χ0) is 5.21. The van der Waals surface area contributed by atoms with Crippen LogP contribution in [0.1, 0.15) is 0 Å². The maximum Gasteiger partial charge on any atom is 0.171 e. The Morgan fingerprint density at radius 1 is 1.57 bits per heavy atom. The molecule has 0 aliphatic heterocycles. The van der Waals surface area contributed by atoms with Gasteiger partial charge in [0.15, 0.2) is 6.00 Å². The zero-order valence-electron chi connectivity index (χ0n) is 4.49. The van der Waals surface area contributed by atoms with E-state index in [1.807, 2.05) is 14.1 Å². The summed E-state index contributed by atoms with van der Waals surface area (Å²) in [6.45, 7) is 0. The molecule has 0 aliphatic rings. The fourth-order valence-electron chi connectivity index (χ4n) is 0. The molecule has 0 radical (unpaired) electrons. The molecule has 0 spiro atoms. The molecule has 7 heavy (non-hydrogen) atoms. The monoisotopic (exact) mass is 144 g/mol. The van der Waals surface area contributed by atoms with Gasteiger partial charge in [0, 0.05) is 0 Å². The lowest BCUT2D eigenvalue weighted by molar-refractivity contribution is -0.891. The molecule has 2 nitrogen and oxygen atoms in total. The van der Waals surface area contributed by atoms with Crippen LogP contribution in [-0.2, 0) is 0 Å². The van der Waals surface area contributed by atoms with Gasteiger partial charge in [-0.15, -0.1) is 0 Å². The molecule has 0 aliphatic carbocycles. The van der Waals surface area contributed by atoms with E-state index in [9.17, 15) is 0 Å². The average Bonchev–Trinajstić information content (AvgIpc) is 1.35. The molecule has 2 N–H and O–H groups in total. The molecule has 46 valence electrons. The first-order valence-corrected chi connectivity index (χ1v) is 2.27. The Morgan fingerprint density at radius 2 is 1.71 bits per heavy atom. The number of nitrogens with zero attached hydrogens (tertiary/aromatic N) is 1. The van der Waals surface area contributed by atoms with Crippen LogP contribution in [0.25, 0.3) is 0 Å². The van der Waals surface area contributed by atoms with Gasteiger partial charge >= 0.3 is 0 Å². The number of alkyl halides is 1. The number of hydrogen-bond donors (Lipinski definition) is 1. The van der Waals surface area contributed by atoms with Gasteiger partial charge in [0.05, 0.1) is 14.1 Å². The Hall–Kier alpha value is 0.500. The maximum atomic E-state index is 5.34. The SMILES string of the molecule is C[N+](C)(N)CCl.[Cl-]. The van der Waals surface area contributed by atoms with Crippen molar-refractivity contribution in [1.82, 2.24) is 0 Å². The molecule has 0 bridgehead atoms. The van der Waals surface area contributed by atoms with Crippen molar-refractivity contribution in [3.05, 3.63) is 0 Å².